The van der Waals surface area contributed by atoms with Gasteiger partial charge in [-0.3, -0.25) is 0 Å². The highest BCUT2D eigenvalue weighted by molar-refractivity contribution is 5.68. The Morgan fingerprint density at radius 3 is 1.06 bits per heavy atom. The molecule has 0 bridgehead atoms. The molecule has 2 atom stereocenters. The van der Waals surface area contributed by atoms with Crippen molar-refractivity contribution >= 4 is 24.4 Å². The van der Waals surface area contributed by atoms with Gasteiger partial charge in [0.25, 0.3) is 0 Å². The lowest BCUT2D eigenvalue weighted by atomic mass is 10.2. The van der Waals surface area contributed by atoms with E-state index in [-0.39, 0.29) is 0 Å². The summed E-state index contributed by atoms with van der Waals surface area (Å²) in [5.41, 5.74) is 3.85. The van der Waals surface area contributed by atoms with Crippen molar-refractivity contribution in [1.82, 2.24) is 21.7 Å². The molecular weight excluding hydrogens is 464 g/mol. The van der Waals surface area contributed by atoms with E-state index >= 15 is 0 Å². The average molecular weight is 474 g/mol. The van der Waals surface area contributed by atoms with Gasteiger partial charge in [0.05, 0.1) is 0 Å². The van der Waals surface area contributed by atoms with Crippen LogP contribution in [0.15, 0.2) is 0 Å². The Bertz CT molecular complexity index is 720. The molecule has 0 aromatic carbocycles. The van der Waals surface area contributed by atoms with Crippen molar-refractivity contribution in [3.63, 3.8) is 0 Å². The minimum Gasteiger partial charge on any atom is -0.442 e. The molecule has 0 fully saturated rings. The molecule has 32 heavy (non-hydrogen) atoms. The molecule has 0 aliphatic carbocycles. The second-order valence-electron chi connectivity index (χ2n) is 4.56. The third-order valence-electron chi connectivity index (χ3n) is 2.42. The highest BCUT2D eigenvalue weighted by atomic mass is 16.7. The van der Waals surface area contributed by atoms with Crippen molar-refractivity contribution < 1.29 is 58.3 Å². The number of nitro groups is 4. The van der Waals surface area contributed by atoms with Crippen LogP contribution < -0.4 is 21.7 Å². The van der Waals surface area contributed by atoms with Gasteiger partial charge in [0.15, 0.2) is 32.3 Å². The number of carbonyl (C=O) groups is 4. The molecule has 4 N–H and O–H groups in total. The Kier molecular flexibility index (Phi) is 10.8. The molecule has 0 radical (unpaired) electrons. The Labute approximate surface area is 171 Å². The molecule has 24 heteroatoms. The summed E-state index contributed by atoms with van der Waals surface area (Å²) >= 11 is 0. The summed E-state index contributed by atoms with van der Waals surface area (Å²) in [5.74, 6) is 0. The fourth-order valence-electron chi connectivity index (χ4n) is 1.44. The van der Waals surface area contributed by atoms with Crippen LogP contribution in [0.1, 0.15) is 0 Å². The van der Waals surface area contributed by atoms with E-state index in [0.29, 0.717) is 0 Å². The molecule has 0 saturated heterocycles. The van der Waals surface area contributed by atoms with Crippen LogP contribution >= 0.6 is 0 Å². The van der Waals surface area contributed by atoms with Gasteiger partial charge in [-0.15, -0.1) is 0 Å². The maximum absolute atomic E-state index is 11.4. The number of hydrogen-bond donors (Lipinski definition) is 4. The Hall–Kier alpha value is -5.32. The largest absolute Gasteiger partial charge is 0.466 e. The lowest BCUT2D eigenvalue weighted by Gasteiger charge is -2.24. The number of rotatable bonds is 11. The highest BCUT2D eigenvalue weighted by Crippen LogP contribution is 2.09. The molecular formula is C8H10N8O16. The molecule has 0 spiro atoms. The van der Waals surface area contributed by atoms with Crippen LogP contribution in [0.4, 0.5) is 19.2 Å². The quantitative estimate of drug-likeness (QED) is 0.135. The van der Waals surface area contributed by atoms with Crippen LogP contribution in [0.3, 0.4) is 0 Å². The van der Waals surface area contributed by atoms with E-state index in [1.807, 2.05) is 0 Å². The lowest BCUT2D eigenvalue weighted by Crippen LogP contribution is -2.48. The molecule has 0 unspecified atom stereocenters. The standard InChI is InChI=1S/C8H10N8O16/c17-5(9-13(21)22)29-1-3(31-7(19)11-15(25)26)4(32-8(20)12-16(27)28)2-30-6(18)10-14(23)24/h3-4H,1-2H2,(H,9,17)(H,10,18)(H,11,19)(H,12,20)/t3-,4+. The number of nitrogens with one attached hydrogen (secondary N) is 4. The number of carbonyl (C=O) groups excluding carboxylic acids is 4. The minimum atomic E-state index is -2.17. The van der Waals surface area contributed by atoms with Crippen molar-refractivity contribution in [1.29, 1.82) is 0 Å². The first kappa shape index (κ1) is 26.7. The number of ether oxygens (including phenoxy) is 4. The predicted molar refractivity (Wildman–Crippen MR) is 83.8 cm³/mol. The monoisotopic (exact) mass is 474 g/mol. The second-order valence-corrected chi connectivity index (χ2v) is 4.56. The molecule has 0 aromatic heterocycles. The van der Waals surface area contributed by atoms with Crippen molar-refractivity contribution in [3.05, 3.63) is 40.5 Å². The SMILES string of the molecule is O=C(N[N+](=O)[O-])OC[C@H](OC(=O)N[N+](=O)[O-])[C@@H](COC(=O)N[N+](=O)[O-])OC(=O)N[N+](=O)[O-]. The topological polar surface area (TPSA) is 326 Å². The van der Waals surface area contributed by atoms with E-state index in [9.17, 15) is 59.6 Å². The van der Waals surface area contributed by atoms with E-state index < -0.39 is 69.9 Å². The molecule has 0 heterocycles. The smallest absolute Gasteiger partial charge is 0.442 e. The molecule has 178 valence electrons. The number of amides is 4. The molecule has 0 aliphatic heterocycles. The van der Waals surface area contributed by atoms with E-state index in [1.165, 1.54) is 0 Å². The number of hydrogen-bond acceptors (Lipinski definition) is 16. The maximum Gasteiger partial charge on any atom is 0.466 e. The third kappa shape index (κ3) is 13.0. The molecule has 0 rings (SSSR count). The third-order valence-corrected chi connectivity index (χ3v) is 2.42. The van der Waals surface area contributed by atoms with Gasteiger partial charge < -0.3 is 18.9 Å². The molecule has 24 nitrogen and oxygen atoms in total. The van der Waals surface area contributed by atoms with E-state index in [1.54, 1.807) is 0 Å². The summed E-state index contributed by atoms with van der Waals surface area (Å²) in [7, 11) is 0. The molecule has 4 amide bonds. The van der Waals surface area contributed by atoms with Gasteiger partial charge in [-0.05, 0) is 21.7 Å². The highest BCUT2D eigenvalue weighted by Gasteiger charge is 2.34. The van der Waals surface area contributed by atoms with Crippen LogP contribution in [0, 0.1) is 40.5 Å². The zero-order chi connectivity index (χ0) is 24.8. The van der Waals surface area contributed by atoms with Gasteiger partial charge in [0.2, 0.25) is 0 Å². The first-order valence-electron chi connectivity index (χ1n) is 7.19. The average Bonchev–Trinajstić information content (AvgIpc) is 2.59. The summed E-state index contributed by atoms with van der Waals surface area (Å²) in [4.78, 5) is 86.1. The van der Waals surface area contributed by atoms with E-state index in [2.05, 4.69) is 18.9 Å². The van der Waals surface area contributed by atoms with E-state index in [0.717, 1.165) is 21.7 Å². The minimum absolute atomic E-state index is 0.947. The van der Waals surface area contributed by atoms with Gasteiger partial charge in [-0.1, -0.05) is 0 Å². The Balaban J connectivity index is 5.58. The zero-order valence-corrected chi connectivity index (χ0v) is 14.9. The van der Waals surface area contributed by atoms with Gasteiger partial charge in [0, 0.05) is 0 Å². The number of nitrogens with zero attached hydrogens (tertiary/aromatic N) is 4. The molecule has 0 saturated carbocycles. The van der Waals surface area contributed by atoms with E-state index in [4.69, 9.17) is 0 Å². The summed E-state index contributed by atoms with van der Waals surface area (Å²) in [6.45, 7) is -2.55. The molecule has 0 aromatic rings. The summed E-state index contributed by atoms with van der Waals surface area (Å²) in [5, 5.41) is 35.3. The summed E-state index contributed by atoms with van der Waals surface area (Å²) in [6, 6.07) is 0. The Morgan fingerprint density at radius 1 is 0.562 bits per heavy atom. The first-order chi connectivity index (χ1) is 14.8. The zero-order valence-electron chi connectivity index (χ0n) is 14.9. The van der Waals surface area contributed by atoms with Gasteiger partial charge in [-0.25, -0.2) is 59.6 Å². The summed E-state index contributed by atoms with van der Waals surface area (Å²) < 4.78 is 17.3. The fraction of sp³-hybridized carbons (Fsp3) is 0.500. The van der Waals surface area contributed by atoms with Gasteiger partial charge in [-0.2, -0.15) is 0 Å². The van der Waals surface area contributed by atoms with Crippen LogP contribution in [0.25, 0.3) is 0 Å². The lowest BCUT2D eigenvalue weighted by molar-refractivity contribution is -0.531. The van der Waals surface area contributed by atoms with Crippen molar-refractivity contribution in [2.45, 2.75) is 12.2 Å². The van der Waals surface area contributed by atoms with Crippen LogP contribution in [0.5, 0.6) is 0 Å². The normalized spacial score (nSPS) is 11.4. The maximum atomic E-state index is 11.4. The van der Waals surface area contributed by atoms with Crippen LogP contribution in [-0.2, 0) is 18.9 Å². The van der Waals surface area contributed by atoms with Crippen LogP contribution in [-0.4, -0.2) is 69.9 Å². The predicted octanol–water partition coefficient (Wildman–Crippen LogP) is -2.60. The first-order valence-corrected chi connectivity index (χ1v) is 7.19. The number of hydrazine groups is 4. The van der Waals surface area contributed by atoms with Gasteiger partial charge >= 0.3 is 24.4 Å². The van der Waals surface area contributed by atoms with Crippen molar-refractivity contribution in [2.75, 3.05) is 13.2 Å². The van der Waals surface area contributed by atoms with Crippen molar-refractivity contribution in [2.24, 2.45) is 0 Å². The second kappa shape index (κ2) is 13.0. The Morgan fingerprint density at radius 2 is 0.812 bits per heavy atom. The molecule has 0 aliphatic rings. The fourth-order valence-corrected chi connectivity index (χ4v) is 1.44. The van der Waals surface area contributed by atoms with Gasteiger partial charge in [0.1, 0.15) is 13.2 Å². The van der Waals surface area contributed by atoms with Crippen LogP contribution in [0.2, 0.25) is 0 Å². The van der Waals surface area contributed by atoms with Crippen molar-refractivity contribution in [3.8, 4) is 0 Å². The summed E-state index contributed by atoms with van der Waals surface area (Å²) in [6.07, 6.45) is -11.7.